The van der Waals surface area contributed by atoms with Crippen molar-refractivity contribution in [3.63, 3.8) is 0 Å². The molecule has 7 heteroatoms. The van der Waals surface area contributed by atoms with Crippen molar-refractivity contribution < 1.29 is 0 Å². The Morgan fingerprint density at radius 3 is 2.47 bits per heavy atom. The van der Waals surface area contributed by atoms with Gasteiger partial charge in [0.1, 0.15) is 0 Å². The lowest BCUT2D eigenvalue weighted by molar-refractivity contribution is 0.158. The van der Waals surface area contributed by atoms with E-state index < -0.39 is 0 Å². The van der Waals surface area contributed by atoms with Gasteiger partial charge in [0.15, 0.2) is 5.82 Å². The van der Waals surface area contributed by atoms with Crippen molar-refractivity contribution in [2.45, 2.75) is 78.9 Å². The van der Waals surface area contributed by atoms with Crippen LogP contribution in [0, 0.1) is 13.8 Å². The highest BCUT2D eigenvalue weighted by Crippen LogP contribution is 2.29. The molecule has 1 atom stereocenters. The lowest BCUT2D eigenvalue weighted by atomic mass is 10.0. The Balaban J connectivity index is 1.75. The van der Waals surface area contributed by atoms with Crippen LogP contribution in [0.15, 0.2) is 53.3 Å². The van der Waals surface area contributed by atoms with Crippen LogP contribution in [-0.4, -0.2) is 36.6 Å². The maximum absolute atomic E-state index is 13.2. The van der Waals surface area contributed by atoms with Gasteiger partial charge in [-0.3, -0.25) is 9.69 Å². The molecule has 0 aliphatic carbocycles. The number of H-pyrrole nitrogens is 1. The van der Waals surface area contributed by atoms with Crippen LogP contribution in [0.1, 0.15) is 74.7 Å². The Morgan fingerprint density at radius 1 is 1.06 bits per heavy atom. The second-order valence-electron chi connectivity index (χ2n) is 10.8. The van der Waals surface area contributed by atoms with E-state index in [1.165, 1.54) is 16.7 Å². The number of nitrogens with zero attached hydrogens (tertiary/aromatic N) is 5. The quantitative estimate of drug-likeness (QED) is 0.339. The SMILES string of the molecule is CCC[C@H](c1nnnn1C(C)(C)C)N(CCc1ccccc1)Cc1cc2cc(C)c(C)cc2[nH]c1=O. The third-order valence-electron chi connectivity index (χ3n) is 6.87. The molecule has 36 heavy (non-hydrogen) atoms. The molecule has 0 saturated heterocycles. The van der Waals surface area contributed by atoms with Gasteiger partial charge in [0.25, 0.3) is 5.56 Å². The van der Waals surface area contributed by atoms with E-state index in [4.69, 9.17) is 0 Å². The number of benzene rings is 2. The summed E-state index contributed by atoms with van der Waals surface area (Å²) in [5, 5.41) is 13.9. The van der Waals surface area contributed by atoms with E-state index in [1.54, 1.807) is 0 Å². The number of nitrogens with one attached hydrogen (secondary N) is 1. The van der Waals surface area contributed by atoms with Gasteiger partial charge in [-0.1, -0.05) is 43.7 Å². The summed E-state index contributed by atoms with van der Waals surface area (Å²) in [6.07, 6.45) is 2.76. The molecule has 4 aromatic rings. The van der Waals surface area contributed by atoms with Gasteiger partial charge in [0.2, 0.25) is 0 Å². The lowest BCUT2D eigenvalue weighted by Gasteiger charge is -2.33. The van der Waals surface area contributed by atoms with Crippen LogP contribution in [0.3, 0.4) is 0 Å². The fourth-order valence-corrected chi connectivity index (χ4v) is 4.75. The minimum atomic E-state index is -0.244. The molecule has 2 aromatic carbocycles. The number of fused-ring (bicyclic) bond motifs is 1. The first kappa shape index (κ1) is 25.8. The molecule has 0 amide bonds. The molecule has 1 N–H and O–H groups in total. The van der Waals surface area contributed by atoms with Gasteiger partial charge in [-0.15, -0.1) is 5.10 Å². The maximum Gasteiger partial charge on any atom is 0.252 e. The molecule has 4 rings (SSSR count). The van der Waals surface area contributed by atoms with Gasteiger partial charge in [0.05, 0.1) is 11.6 Å². The highest BCUT2D eigenvalue weighted by atomic mass is 16.1. The number of aromatic amines is 1. The zero-order valence-corrected chi connectivity index (χ0v) is 22.4. The lowest BCUT2D eigenvalue weighted by Crippen LogP contribution is -2.36. The van der Waals surface area contributed by atoms with Gasteiger partial charge in [-0.05, 0) is 98.2 Å². The topological polar surface area (TPSA) is 79.7 Å². The number of hydrogen-bond donors (Lipinski definition) is 1. The minimum absolute atomic E-state index is 0.0113. The van der Waals surface area contributed by atoms with E-state index >= 15 is 0 Å². The highest BCUT2D eigenvalue weighted by molar-refractivity contribution is 5.80. The molecule has 2 aromatic heterocycles. The summed E-state index contributed by atoms with van der Waals surface area (Å²) in [5.74, 6) is 0.848. The van der Waals surface area contributed by atoms with Crippen LogP contribution in [0.25, 0.3) is 10.9 Å². The molecule has 0 fully saturated rings. The van der Waals surface area contributed by atoms with E-state index in [-0.39, 0.29) is 17.1 Å². The minimum Gasteiger partial charge on any atom is -0.322 e. The second-order valence-corrected chi connectivity index (χ2v) is 10.8. The third-order valence-corrected chi connectivity index (χ3v) is 6.87. The standard InChI is InChI=1S/C29H38N6O/c1-7-11-26(27-31-32-33-35(27)29(4,5)6)34(15-14-22-12-9-8-10-13-22)19-24-18-23-16-20(2)21(3)17-25(23)30-28(24)36/h8-10,12-13,16-18,26H,7,11,14-15,19H2,1-6H3,(H,30,36)/t26-/m1/s1. The van der Waals surface area contributed by atoms with Gasteiger partial charge >= 0.3 is 0 Å². The molecule has 0 unspecified atom stereocenters. The summed E-state index contributed by atoms with van der Waals surface area (Å²) >= 11 is 0. The molecule has 0 saturated carbocycles. The number of pyridine rings is 1. The first-order valence-corrected chi connectivity index (χ1v) is 12.9. The van der Waals surface area contributed by atoms with Crippen LogP contribution in [0.2, 0.25) is 0 Å². The Hall–Kier alpha value is -3.32. The molecule has 2 heterocycles. The second kappa shape index (κ2) is 10.7. The highest BCUT2D eigenvalue weighted by Gasteiger charge is 2.30. The van der Waals surface area contributed by atoms with E-state index in [0.29, 0.717) is 6.54 Å². The molecule has 0 aliphatic rings. The van der Waals surface area contributed by atoms with Crippen molar-refractivity contribution in [1.29, 1.82) is 0 Å². The van der Waals surface area contributed by atoms with Crippen LogP contribution in [0.4, 0.5) is 0 Å². The van der Waals surface area contributed by atoms with E-state index in [0.717, 1.165) is 48.1 Å². The predicted molar refractivity (Wildman–Crippen MR) is 145 cm³/mol. The first-order chi connectivity index (χ1) is 17.2. The molecule has 0 bridgehead atoms. The van der Waals surface area contributed by atoms with Crippen molar-refractivity contribution in [3.05, 3.63) is 87.0 Å². The van der Waals surface area contributed by atoms with Crippen LogP contribution >= 0.6 is 0 Å². The smallest absolute Gasteiger partial charge is 0.252 e. The molecule has 0 aliphatic heterocycles. The summed E-state index contributed by atoms with van der Waals surface area (Å²) in [4.78, 5) is 18.7. The number of aryl methyl sites for hydroxylation is 2. The van der Waals surface area contributed by atoms with Crippen molar-refractivity contribution in [1.82, 2.24) is 30.1 Å². The largest absolute Gasteiger partial charge is 0.322 e. The summed E-state index contributed by atoms with van der Waals surface area (Å²) in [6, 6.07) is 16.7. The van der Waals surface area contributed by atoms with Crippen molar-refractivity contribution in [2.24, 2.45) is 0 Å². The summed E-state index contributed by atoms with van der Waals surface area (Å²) in [6.45, 7) is 14.0. The van der Waals surface area contributed by atoms with E-state index in [1.807, 2.05) is 16.8 Å². The van der Waals surface area contributed by atoms with Gasteiger partial charge in [-0.2, -0.15) is 0 Å². The number of aromatic nitrogens is 5. The molecule has 0 radical (unpaired) electrons. The average Bonchev–Trinajstić information content (AvgIpc) is 3.33. The fourth-order valence-electron chi connectivity index (χ4n) is 4.75. The van der Waals surface area contributed by atoms with Gasteiger partial charge in [0, 0.05) is 24.2 Å². The number of tetrazole rings is 1. The molecule has 7 nitrogen and oxygen atoms in total. The zero-order chi connectivity index (χ0) is 25.9. The van der Waals surface area contributed by atoms with Crippen LogP contribution in [-0.2, 0) is 18.5 Å². The van der Waals surface area contributed by atoms with Crippen LogP contribution in [0.5, 0.6) is 0 Å². The summed E-state index contributed by atoms with van der Waals surface area (Å²) in [7, 11) is 0. The predicted octanol–water partition coefficient (Wildman–Crippen LogP) is 5.47. The summed E-state index contributed by atoms with van der Waals surface area (Å²) < 4.78 is 1.93. The normalized spacial score (nSPS) is 13.0. The number of hydrogen-bond acceptors (Lipinski definition) is 5. The van der Waals surface area contributed by atoms with Crippen LogP contribution < -0.4 is 5.56 Å². The third kappa shape index (κ3) is 5.73. The molecule has 190 valence electrons. The van der Waals surface area contributed by atoms with E-state index in [9.17, 15) is 4.79 Å². The van der Waals surface area contributed by atoms with Gasteiger partial charge < -0.3 is 4.98 Å². The van der Waals surface area contributed by atoms with E-state index in [2.05, 4.69) is 103 Å². The fraction of sp³-hybridized carbons (Fsp3) is 0.448. The average molecular weight is 487 g/mol. The van der Waals surface area contributed by atoms with Crippen molar-refractivity contribution >= 4 is 10.9 Å². The van der Waals surface area contributed by atoms with Crippen molar-refractivity contribution in [2.75, 3.05) is 6.54 Å². The Bertz CT molecular complexity index is 1370. The van der Waals surface area contributed by atoms with Gasteiger partial charge in [-0.25, -0.2) is 4.68 Å². The Morgan fingerprint density at radius 2 is 1.78 bits per heavy atom. The molecular formula is C29H38N6O. The molecular weight excluding hydrogens is 448 g/mol. The first-order valence-electron chi connectivity index (χ1n) is 12.9. The molecule has 0 spiro atoms. The monoisotopic (exact) mass is 486 g/mol. The summed E-state index contributed by atoms with van der Waals surface area (Å²) in [5.41, 5.74) is 5.01. The maximum atomic E-state index is 13.2. The number of rotatable bonds is 9. The Kier molecular flexibility index (Phi) is 7.69. The Labute approximate surface area is 213 Å². The zero-order valence-electron chi connectivity index (χ0n) is 22.4. The van der Waals surface area contributed by atoms with Crippen molar-refractivity contribution in [3.8, 4) is 0 Å².